The van der Waals surface area contributed by atoms with Crippen molar-refractivity contribution in [3.63, 3.8) is 0 Å². The molecule has 0 radical (unpaired) electrons. The van der Waals surface area contributed by atoms with Crippen LogP contribution in [-0.2, 0) is 5.41 Å². The van der Waals surface area contributed by atoms with Crippen molar-refractivity contribution in [2.24, 2.45) is 0 Å². The van der Waals surface area contributed by atoms with Gasteiger partial charge in [0, 0.05) is 44.0 Å². The van der Waals surface area contributed by atoms with Crippen molar-refractivity contribution in [3.05, 3.63) is 240 Å². The molecule has 0 bridgehead atoms. The monoisotopic (exact) mass is 876 g/mol. The lowest BCUT2D eigenvalue weighted by Crippen LogP contribution is -2.37. The Morgan fingerprint density at radius 2 is 0.908 bits per heavy atom. The Morgan fingerprint density at radius 1 is 0.446 bits per heavy atom. The Bertz CT molecular complexity index is 3080. The van der Waals surface area contributed by atoms with Crippen LogP contribution in [0.15, 0.2) is 211 Å². The van der Waals surface area contributed by atoms with Gasteiger partial charge in [0.15, 0.2) is 0 Å². The Balaban J connectivity index is 1.28. The first-order chi connectivity index (χ1) is 31.5. The Hall–Kier alpha value is -6.59. The normalized spacial score (nSPS) is 12.9. The van der Waals surface area contributed by atoms with Gasteiger partial charge in [-0.25, -0.2) is 0 Å². The summed E-state index contributed by atoms with van der Waals surface area (Å²) < 4.78 is 0. The average molecular weight is 877 g/mol. The van der Waals surface area contributed by atoms with Crippen molar-refractivity contribution in [1.29, 1.82) is 0 Å². The maximum absolute atomic E-state index is 2.53. The molecule has 0 fully saturated rings. The molecule has 0 heterocycles. The second-order valence-corrected chi connectivity index (χ2v) is 25.6. The van der Waals surface area contributed by atoms with Gasteiger partial charge in [-0.3, -0.25) is 0 Å². The van der Waals surface area contributed by atoms with Gasteiger partial charge < -0.3 is 9.80 Å². The van der Waals surface area contributed by atoms with Crippen molar-refractivity contribution in [1.82, 2.24) is 0 Å². The Kier molecular flexibility index (Phi) is 11.1. The third-order valence-corrected chi connectivity index (χ3v) is 16.1. The summed E-state index contributed by atoms with van der Waals surface area (Å²) in [5.74, 6) is 0. The molecule has 0 aromatic heterocycles. The minimum Gasteiger partial charge on any atom is -0.310 e. The van der Waals surface area contributed by atoms with Crippen LogP contribution in [0.3, 0.4) is 0 Å². The lowest BCUT2D eigenvalue weighted by atomic mass is 9.67. The topological polar surface area (TPSA) is 6.48 Å². The number of fused-ring (bicyclic) bond motifs is 5. The number of rotatable bonds is 11. The smallest absolute Gasteiger partial charge is 0.0775 e. The minimum absolute atomic E-state index is 0.500. The van der Waals surface area contributed by atoms with Crippen LogP contribution in [0.25, 0.3) is 21.9 Å². The molecule has 10 rings (SSSR count). The number of aryl methyl sites for hydroxylation is 2. The first-order valence-electron chi connectivity index (χ1n) is 22.9. The zero-order valence-electron chi connectivity index (χ0n) is 38.5. The van der Waals surface area contributed by atoms with E-state index in [-0.39, 0.29) is 0 Å². The van der Waals surface area contributed by atoms with Gasteiger partial charge in [0.25, 0.3) is 0 Å². The van der Waals surface area contributed by atoms with Crippen molar-refractivity contribution in [2.45, 2.75) is 62.9 Å². The van der Waals surface area contributed by atoms with Gasteiger partial charge in [0.1, 0.15) is 0 Å². The fourth-order valence-electron chi connectivity index (χ4n) is 9.96. The van der Waals surface area contributed by atoms with Gasteiger partial charge in [-0.1, -0.05) is 177 Å². The Morgan fingerprint density at radius 3 is 1.43 bits per heavy atom. The second-order valence-electron chi connectivity index (χ2n) is 18.9. The van der Waals surface area contributed by atoms with E-state index in [4.69, 9.17) is 0 Å². The highest BCUT2D eigenvalue weighted by atomic mass is 32.2. The van der Waals surface area contributed by atoms with Crippen LogP contribution in [0, 0.1) is 13.8 Å². The Labute approximate surface area is 391 Å². The van der Waals surface area contributed by atoms with E-state index in [1.807, 2.05) is 11.8 Å². The average Bonchev–Trinajstić information content (AvgIpc) is 3.61. The van der Waals surface area contributed by atoms with E-state index < -0.39 is 13.5 Å². The molecular formula is C61H56N2SSi. The van der Waals surface area contributed by atoms with E-state index in [0.717, 1.165) is 34.1 Å². The molecular weight excluding hydrogens is 821 g/mol. The van der Waals surface area contributed by atoms with Gasteiger partial charge in [-0.05, 0) is 131 Å². The number of nitrogens with zero attached hydrogens (tertiary/aromatic N) is 2. The number of anilines is 6. The largest absolute Gasteiger partial charge is 0.310 e. The second kappa shape index (κ2) is 17.1. The van der Waals surface area contributed by atoms with Crippen LogP contribution < -0.4 is 15.0 Å². The molecule has 0 saturated heterocycles. The molecule has 1 aliphatic carbocycles. The molecule has 2 nitrogen and oxygen atoms in total. The molecule has 0 amide bonds. The third-order valence-electron chi connectivity index (χ3n) is 13.1. The fourth-order valence-corrected chi connectivity index (χ4v) is 12.0. The molecule has 9 aromatic rings. The highest BCUT2D eigenvalue weighted by Gasteiger charge is 2.48. The van der Waals surface area contributed by atoms with Crippen LogP contribution in [0.4, 0.5) is 34.1 Å². The van der Waals surface area contributed by atoms with Gasteiger partial charge >= 0.3 is 0 Å². The van der Waals surface area contributed by atoms with E-state index in [2.05, 4.69) is 263 Å². The zero-order chi connectivity index (χ0) is 44.9. The first kappa shape index (κ1) is 42.4. The maximum atomic E-state index is 2.53. The lowest BCUT2D eigenvalue weighted by molar-refractivity contribution is 0.769. The summed E-state index contributed by atoms with van der Waals surface area (Å²) in [7, 11) is -1.51. The van der Waals surface area contributed by atoms with Crippen LogP contribution in [-0.4, -0.2) is 13.3 Å². The van der Waals surface area contributed by atoms with Crippen molar-refractivity contribution >= 4 is 69.9 Å². The fraction of sp³-hybridized carbons (Fsp3) is 0.148. The highest BCUT2D eigenvalue weighted by molar-refractivity contribution is 7.99. The predicted molar refractivity (Wildman–Crippen MR) is 284 cm³/mol. The maximum Gasteiger partial charge on any atom is 0.0775 e. The predicted octanol–water partition coefficient (Wildman–Crippen LogP) is 16.8. The van der Waals surface area contributed by atoms with E-state index >= 15 is 0 Å². The number of benzene rings is 9. The van der Waals surface area contributed by atoms with Crippen molar-refractivity contribution in [2.75, 3.05) is 9.80 Å². The number of hydrogen-bond donors (Lipinski definition) is 0. The molecule has 1 aliphatic rings. The number of hydrogen-bond acceptors (Lipinski definition) is 3. The number of thioether (sulfide) groups is 1. The van der Waals surface area contributed by atoms with Gasteiger partial charge in [-0.15, -0.1) is 11.8 Å². The molecule has 0 unspecified atom stereocenters. The molecule has 0 atom stereocenters. The summed E-state index contributed by atoms with van der Waals surface area (Å²) in [4.78, 5) is 6.20. The summed E-state index contributed by atoms with van der Waals surface area (Å²) in [5, 5.41) is 4.40. The quantitative estimate of drug-likeness (QED) is 0.0944. The third kappa shape index (κ3) is 7.69. The summed E-state index contributed by atoms with van der Waals surface area (Å²) in [6.45, 7) is 16.1. The molecule has 0 spiro atoms. The van der Waals surface area contributed by atoms with Crippen LogP contribution in [0.1, 0.15) is 47.2 Å². The van der Waals surface area contributed by atoms with Crippen LogP contribution >= 0.6 is 11.8 Å². The zero-order valence-corrected chi connectivity index (χ0v) is 40.3. The van der Waals surface area contributed by atoms with Gasteiger partial charge in [0.05, 0.1) is 19.2 Å². The van der Waals surface area contributed by atoms with Gasteiger partial charge in [-0.2, -0.15) is 0 Å². The van der Waals surface area contributed by atoms with Crippen molar-refractivity contribution in [3.8, 4) is 11.1 Å². The standard InChI is InChI=1S/C61H56N2SSi/c1-42(2)64-52-35-30-50(31-36-52)63(49-28-24-44(4)25-29-49)59-41-58-60(55-21-15-14-20-54(55)59)56-39-34-51(40-57(56)61(58,45-16-10-8-11-17-45)46-18-12-9-13-19-46)62(47-26-22-43(3)23-27-47)48-32-37-53(38-33-48)65(5,6)7/h8-42H,1-7H3. The molecule has 9 aromatic carbocycles. The highest BCUT2D eigenvalue weighted by Crippen LogP contribution is 2.60. The van der Waals surface area contributed by atoms with Crippen molar-refractivity contribution < 1.29 is 0 Å². The molecule has 4 heteroatoms. The lowest BCUT2D eigenvalue weighted by Gasteiger charge is -2.36. The first-order valence-corrected chi connectivity index (χ1v) is 27.3. The minimum atomic E-state index is -1.51. The molecule has 0 N–H and O–H groups in total. The molecule has 0 saturated carbocycles. The van der Waals surface area contributed by atoms with E-state index in [1.165, 1.54) is 65.4 Å². The molecule has 320 valence electrons. The van der Waals surface area contributed by atoms with E-state index in [0.29, 0.717) is 5.25 Å². The van der Waals surface area contributed by atoms with E-state index in [9.17, 15) is 0 Å². The SMILES string of the molecule is Cc1ccc(N(c2ccc([Si](C)(C)C)cc2)c2ccc3c(c2)C(c2ccccc2)(c2ccccc2)c2cc(N(c4ccc(C)cc4)c4ccc(SC(C)C)cc4)c4ccccc4c2-3)cc1. The summed E-state index contributed by atoms with van der Waals surface area (Å²) >= 11 is 1.90. The summed E-state index contributed by atoms with van der Waals surface area (Å²) in [5.41, 5.74) is 16.2. The van der Waals surface area contributed by atoms with Crippen LogP contribution in [0.2, 0.25) is 19.6 Å². The summed E-state index contributed by atoms with van der Waals surface area (Å²) in [6, 6.07) is 77.8. The van der Waals surface area contributed by atoms with Gasteiger partial charge in [0.2, 0.25) is 0 Å². The molecule has 0 aliphatic heterocycles. The summed E-state index contributed by atoms with van der Waals surface area (Å²) in [6.07, 6.45) is 0. The molecule has 65 heavy (non-hydrogen) atoms. The van der Waals surface area contributed by atoms with Crippen LogP contribution in [0.5, 0.6) is 0 Å². The van der Waals surface area contributed by atoms with E-state index in [1.54, 1.807) is 0 Å².